The second-order valence-corrected chi connectivity index (χ2v) is 8.24. The number of rotatable bonds is 6. The number of Topliss-reactive ketones (excluding diaryl/α,β-unsaturated/α-hetero) is 1. The minimum atomic E-state index is -0.873. The standard InChI is InChI=1S/C23H22ClN3O6/c24-17-5-1-16(2-6-17)21(28)19-20(15-3-7-18(8-4-15)27(31)32)26(23(30)22(19)29)10-9-25-11-13-33-14-12-25/h1-8,20,28H,9-14H2/t20-/m1/s1. The van der Waals surface area contributed by atoms with E-state index in [1.807, 2.05) is 0 Å². The Morgan fingerprint density at radius 3 is 2.30 bits per heavy atom. The van der Waals surface area contributed by atoms with Crippen molar-refractivity contribution in [3.63, 3.8) is 0 Å². The van der Waals surface area contributed by atoms with E-state index in [1.165, 1.54) is 29.2 Å². The van der Waals surface area contributed by atoms with Crippen molar-refractivity contribution in [3.8, 4) is 0 Å². The third-order valence-corrected chi connectivity index (χ3v) is 6.09. The highest BCUT2D eigenvalue weighted by molar-refractivity contribution is 6.46. The molecular weight excluding hydrogens is 450 g/mol. The Bertz CT molecular complexity index is 1090. The topological polar surface area (TPSA) is 113 Å². The van der Waals surface area contributed by atoms with Crippen molar-refractivity contribution in [1.29, 1.82) is 0 Å². The van der Waals surface area contributed by atoms with E-state index in [4.69, 9.17) is 16.3 Å². The van der Waals surface area contributed by atoms with Crippen molar-refractivity contribution in [1.82, 2.24) is 9.80 Å². The molecule has 4 rings (SSSR count). The van der Waals surface area contributed by atoms with E-state index in [0.29, 0.717) is 35.9 Å². The lowest BCUT2D eigenvalue weighted by Gasteiger charge is -2.31. The molecule has 2 aromatic rings. The van der Waals surface area contributed by atoms with Crippen LogP contribution in [0.1, 0.15) is 17.2 Å². The average molecular weight is 472 g/mol. The first-order chi connectivity index (χ1) is 15.9. The van der Waals surface area contributed by atoms with Crippen LogP contribution in [-0.4, -0.2) is 70.9 Å². The molecule has 2 fully saturated rings. The van der Waals surface area contributed by atoms with Gasteiger partial charge in [-0.05, 0) is 42.0 Å². The summed E-state index contributed by atoms with van der Waals surface area (Å²) in [6, 6.07) is 11.0. The van der Waals surface area contributed by atoms with Crippen LogP contribution in [0.25, 0.3) is 5.76 Å². The lowest BCUT2D eigenvalue weighted by molar-refractivity contribution is -0.384. The maximum Gasteiger partial charge on any atom is 0.295 e. The van der Waals surface area contributed by atoms with Crippen molar-refractivity contribution in [2.45, 2.75) is 6.04 Å². The third kappa shape index (κ3) is 4.75. The van der Waals surface area contributed by atoms with E-state index in [2.05, 4.69) is 4.90 Å². The molecule has 2 saturated heterocycles. The lowest BCUT2D eigenvalue weighted by Crippen LogP contribution is -2.42. The molecule has 172 valence electrons. The van der Waals surface area contributed by atoms with Crippen molar-refractivity contribution in [2.75, 3.05) is 39.4 Å². The molecule has 1 N–H and O–H groups in total. The molecule has 0 unspecified atom stereocenters. The van der Waals surface area contributed by atoms with Gasteiger partial charge in [-0.3, -0.25) is 24.6 Å². The molecule has 2 aliphatic heterocycles. The molecule has 0 aromatic heterocycles. The van der Waals surface area contributed by atoms with Gasteiger partial charge in [-0.25, -0.2) is 0 Å². The number of nitro groups is 1. The number of benzene rings is 2. The van der Waals surface area contributed by atoms with Gasteiger partial charge in [0.2, 0.25) is 0 Å². The Hall–Kier alpha value is -3.27. The highest BCUT2D eigenvalue weighted by Gasteiger charge is 2.46. The minimum absolute atomic E-state index is 0.0573. The van der Waals surface area contributed by atoms with Crippen molar-refractivity contribution in [2.24, 2.45) is 0 Å². The van der Waals surface area contributed by atoms with Crippen LogP contribution in [0.2, 0.25) is 5.02 Å². The molecule has 2 aromatic carbocycles. The van der Waals surface area contributed by atoms with Gasteiger partial charge in [0.25, 0.3) is 17.4 Å². The molecule has 1 atom stereocenters. The van der Waals surface area contributed by atoms with Gasteiger partial charge >= 0.3 is 0 Å². The van der Waals surface area contributed by atoms with Crippen LogP contribution in [-0.2, 0) is 14.3 Å². The Kier molecular flexibility index (Phi) is 6.73. The zero-order valence-corrected chi connectivity index (χ0v) is 18.4. The normalized spacial score (nSPS) is 20.9. The number of aliphatic hydroxyl groups excluding tert-OH is 1. The Labute approximate surface area is 195 Å². The zero-order valence-electron chi connectivity index (χ0n) is 17.6. The summed E-state index contributed by atoms with van der Waals surface area (Å²) in [5, 5.41) is 22.5. The Morgan fingerprint density at radius 2 is 1.70 bits per heavy atom. The quantitative estimate of drug-likeness (QED) is 0.226. The van der Waals surface area contributed by atoms with E-state index in [0.717, 1.165) is 13.1 Å². The number of likely N-dealkylation sites (tertiary alicyclic amines) is 1. The maximum absolute atomic E-state index is 13.0. The number of nitrogens with zero attached hydrogens (tertiary/aromatic N) is 3. The highest BCUT2D eigenvalue weighted by Crippen LogP contribution is 2.39. The fourth-order valence-electron chi connectivity index (χ4n) is 4.07. The number of aliphatic hydroxyl groups is 1. The number of amides is 1. The van der Waals surface area contributed by atoms with E-state index >= 15 is 0 Å². The van der Waals surface area contributed by atoms with Crippen molar-refractivity contribution < 1.29 is 24.4 Å². The number of non-ortho nitro benzene ring substituents is 1. The summed E-state index contributed by atoms with van der Waals surface area (Å²) >= 11 is 5.94. The molecule has 2 heterocycles. The van der Waals surface area contributed by atoms with Crippen LogP contribution < -0.4 is 0 Å². The number of morpholine rings is 1. The average Bonchev–Trinajstić information content (AvgIpc) is 3.08. The molecule has 0 bridgehead atoms. The van der Waals surface area contributed by atoms with E-state index in [1.54, 1.807) is 24.3 Å². The monoisotopic (exact) mass is 471 g/mol. The fraction of sp³-hybridized carbons (Fsp3) is 0.304. The van der Waals surface area contributed by atoms with E-state index in [-0.39, 0.29) is 23.6 Å². The lowest BCUT2D eigenvalue weighted by atomic mass is 9.95. The first-order valence-corrected chi connectivity index (χ1v) is 10.8. The number of carbonyl (C=O) groups is 2. The predicted octanol–water partition coefficient (Wildman–Crippen LogP) is 3.00. The number of carbonyl (C=O) groups excluding carboxylic acids is 2. The molecule has 0 radical (unpaired) electrons. The molecule has 0 aliphatic carbocycles. The van der Waals surface area contributed by atoms with Crippen LogP contribution in [0, 0.1) is 10.1 Å². The van der Waals surface area contributed by atoms with Gasteiger partial charge in [-0.15, -0.1) is 0 Å². The van der Waals surface area contributed by atoms with Crippen molar-refractivity contribution in [3.05, 3.63) is 80.4 Å². The van der Waals surface area contributed by atoms with Gasteiger partial charge in [0, 0.05) is 48.9 Å². The summed E-state index contributed by atoms with van der Waals surface area (Å²) in [6.07, 6.45) is 0. The van der Waals surface area contributed by atoms with Crippen molar-refractivity contribution >= 4 is 34.7 Å². The predicted molar refractivity (Wildman–Crippen MR) is 121 cm³/mol. The minimum Gasteiger partial charge on any atom is -0.507 e. The molecule has 33 heavy (non-hydrogen) atoms. The van der Waals surface area contributed by atoms with Crippen LogP contribution in [0.5, 0.6) is 0 Å². The van der Waals surface area contributed by atoms with Gasteiger partial charge in [-0.2, -0.15) is 0 Å². The van der Waals surface area contributed by atoms with Gasteiger partial charge in [0.05, 0.1) is 29.8 Å². The fourth-order valence-corrected chi connectivity index (χ4v) is 4.20. The number of hydrogen-bond acceptors (Lipinski definition) is 7. The summed E-state index contributed by atoms with van der Waals surface area (Å²) in [5.41, 5.74) is 0.676. The van der Waals surface area contributed by atoms with Gasteiger partial charge in [0.1, 0.15) is 5.76 Å². The number of ketones is 1. The molecule has 0 spiro atoms. The SMILES string of the molecule is O=C1C(=O)N(CCN2CCOCC2)[C@H](c2ccc([N+](=O)[O-])cc2)C1=C(O)c1ccc(Cl)cc1. The zero-order chi connectivity index (χ0) is 23.5. The first kappa shape index (κ1) is 22.9. The summed E-state index contributed by atoms with van der Waals surface area (Å²) in [4.78, 5) is 40.1. The molecular formula is C23H22ClN3O6. The van der Waals surface area contributed by atoms with E-state index in [9.17, 15) is 24.8 Å². The molecule has 9 nitrogen and oxygen atoms in total. The van der Waals surface area contributed by atoms with Crippen LogP contribution in [0.4, 0.5) is 5.69 Å². The smallest absolute Gasteiger partial charge is 0.295 e. The maximum atomic E-state index is 13.0. The molecule has 0 saturated carbocycles. The molecule has 2 aliphatic rings. The summed E-state index contributed by atoms with van der Waals surface area (Å²) < 4.78 is 5.36. The number of ether oxygens (including phenoxy) is 1. The first-order valence-electron chi connectivity index (χ1n) is 10.5. The van der Waals surface area contributed by atoms with E-state index < -0.39 is 22.7 Å². The molecule has 10 heteroatoms. The summed E-state index contributed by atoms with van der Waals surface area (Å²) in [6.45, 7) is 3.42. The number of halogens is 1. The second-order valence-electron chi connectivity index (χ2n) is 7.80. The van der Waals surface area contributed by atoms with Crippen LogP contribution in [0.3, 0.4) is 0 Å². The Morgan fingerprint density at radius 1 is 1.06 bits per heavy atom. The van der Waals surface area contributed by atoms with Crippen LogP contribution >= 0.6 is 11.6 Å². The highest BCUT2D eigenvalue weighted by atomic mass is 35.5. The summed E-state index contributed by atoms with van der Waals surface area (Å²) in [7, 11) is 0. The largest absolute Gasteiger partial charge is 0.507 e. The second kappa shape index (κ2) is 9.70. The number of hydrogen-bond donors (Lipinski definition) is 1. The molecule has 1 amide bonds. The third-order valence-electron chi connectivity index (χ3n) is 5.84. The van der Waals surface area contributed by atoms with Gasteiger partial charge in [0.15, 0.2) is 0 Å². The number of nitro benzene ring substituents is 1. The Balaban J connectivity index is 1.74. The van der Waals surface area contributed by atoms with Gasteiger partial charge in [-0.1, -0.05) is 11.6 Å². The summed E-state index contributed by atoms with van der Waals surface area (Å²) in [5.74, 6) is -1.84. The van der Waals surface area contributed by atoms with Gasteiger partial charge < -0.3 is 14.7 Å². The van der Waals surface area contributed by atoms with Crippen LogP contribution in [0.15, 0.2) is 54.1 Å².